The molecule has 1 aromatic rings. The SMILES string of the molecule is CC(C(=O)O)c1cnc(N(C)C)nc1C1CC1. The standard InChI is InChI=1S/C12H17N3O2/c1-7(11(16)17)9-6-13-12(15(2)3)14-10(9)8-4-5-8/h6-8H,4-5H2,1-3H3,(H,16,17). The molecular weight excluding hydrogens is 218 g/mol. The molecule has 1 N–H and O–H groups in total. The van der Waals surface area contributed by atoms with Gasteiger partial charge in [-0.25, -0.2) is 9.97 Å². The molecular formula is C12H17N3O2. The summed E-state index contributed by atoms with van der Waals surface area (Å²) in [6, 6.07) is 0. The minimum atomic E-state index is -0.826. The number of aliphatic carboxylic acids is 1. The van der Waals surface area contributed by atoms with Gasteiger partial charge in [-0.05, 0) is 19.8 Å². The summed E-state index contributed by atoms with van der Waals surface area (Å²) >= 11 is 0. The maximum atomic E-state index is 11.0. The summed E-state index contributed by atoms with van der Waals surface area (Å²) in [5.74, 6) is -0.295. The van der Waals surface area contributed by atoms with Gasteiger partial charge in [0.05, 0.1) is 11.6 Å². The molecule has 1 saturated carbocycles. The maximum Gasteiger partial charge on any atom is 0.310 e. The fraction of sp³-hybridized carbons (Fsp3) is 0.583. The van der Waals surface area contributed by atoms with Crippen LogP contribution in [0.4, 0.5) is 5.95 Å². The van der Waals surface area contributed by atoms with Crippen LogP contribution in [0.5, 0.6) is 0 Å². The molecule has 2 rings (SSSR count). The molecule has 0 amide bonds. The maximum absolute atomic E-state index is 11.0. The molecule has 0 radical (unpaired) electrons. The molecule has 5 nitrogen and oxygen atoms in total. The second kappa shape index (κ2) is 4.31. The molecule has 17 heavy (non-hydrogen) atoms. The zero-order valence-corrected chi connectivity index (χ0v) is 10.3. The van der Waals surface area contributed by atoms with E-state index in [1.54, 1.807) is 13.1 Å². The van der Waals surface area contributed by atoms with Crippen LogP contribution in [-0.4, -0.2) is 35.1 Å². The third-order valence-corrected chi connectivity index (χ3v) is 3.04. The summed E-state index contributed by atoms with van der Waals surface area (Å²) < 4.78 is 0. The quantitative estimate of drug-likeness (QED) is 0.858. The predicted octanol–water partition coefficient (Wildman–Crippen LogP) is 1.61. The second-order valence-electron chi connectivity index (χ2n) is 4.74. The Morgan fingerprint density at radius 2 is 2.18 bits per heavy atom. The lowest BCUT2D eigenvalue weighted by Gasteiger charge is -2.15. The Morgan fingerprint density at radius 3 is 2.65 bits per heavy atom. The summed E-state index contributed by atoms with van der Waals surface area (Å²) in [4.78, 5) is 21.6. The van der Waals surface area contributed by atoms with Crippen molar-refractivity contribution in [3.05, 3.63) is 17.5 Å². The number of hydrogen-bond donors (Lipinski definition) is 1. The van der Waals surface area contributed by atoms with Crippen LogP contribution >= 0.6 is 0 Å². The average Bonchev–Trinajstić information content (AvgIpc) is 3.10. The first-order valence-electron chi connectivity index (χ1n) is 5.77. The number of carbonyl (C=O) groups is 1. The summed E-state index contributed by atoms with van der Waals surface area (Å²) in [6.45, 7) is 1.68. The van der Waals surface area contributed by atoms with E-state index in [1.807, 2.05) is 19.0 Å². The monoisotopic (exact) mass is 235 g/mol. The summed E-state index contributed by atoms with van der Waals surface area (Å²) in [6.07, 6.45) is 3.86. The molecule has 0 aliphatic heterocycles. The minimum absolute atomic E-state index is 0.425. The van der Waals surface area contributed by atoms with Gasteiger partial charge in [0.2, 0.25) is 5.95 Å². The van der Waals surface area contributed by atoms with Gasteiger partial charge in [0.15, 0.2) is 0 Å². The zero-order valence-electron chi connectivity index (χ0n) is 10.3. The lowest BCUT2D eigenvalue weighted by molar-refractivity contribution is -0.138. The van der Waals surface area contributed by atoms with E-state index in [4.69, 9.17) is 5.11 Å². The molecule has 0 spiro atoms. The van der Waals surface area contributed by atoms with Gasteiger partial charge in [0, 0.05) is 31.8 Å². The van der Waals surface area contributed by atoms with E-state index in [1.165, 1.54) is 0 Å². The third-order valence-electron chi connectivity index (χ3n) is 3.04. The average molecular weight is 235 g/mol. The Bertz CT molecular complexity index is 441. The Morgan fingerprint density at radius 1 is 1.53 bits per heavy atom. The molecule has 1 aliphatic carbocycles. The van der Waals surface area contributed by atoms with Crippen molar-refractivity contribution in [2.45, 2.75) is 31.6 Å². The molecule has 0 aromatic carbocycles. The molecule has 1 fully saturated rings. The number of rotatable bonds is 4. The molecule has 1 heterocycles. The highest BCUT2D eigenvalue weighted by molar-refractivity contribution is 5.76. The number of anilines is 1. The summed E-state index contributed by atoms with van der Waals surface area (Å²) in [5.41, 5.74) is 1.67. The van der Waals surface area contributed by atoms with E-state index < -0.39 is 11.9 Å². The van der Waals surface area contributed by atoms with E-state index in [0.29, 0.717) is 11.9 Å². The van der Waals surface area contributed by atoms with Crippen LogP contribution in [0, 0.1) is 0 Å². The smallest absolute Gasteiger partial charge is 0.310 e. The van der Waals surface area contributed by atoms with Crippen LogP contribution in [0.2, 0.25) is 0 Å². The molecule has 0 bridgehead atoms. The van der Waals surface area contributed by atoms with Gasteiger partial charge in [-0.1, -0.05) is 0 Å². The first-order chi connectivity index (χ1) is 8.00. The van der Waals surface area contributed by atoms with Crippen molar-refractivity contribution in [2.75, 3.05) is 19.0 Å². The minimum Gasteiger partial charge on any atom is -0.481 e. The first-order valence-corrected chi connectivity index (χ1v) is 5.77. The lowest BCUT2D eigenvalue weighted by Crippen LogP contribution is -2.17. The molecule has 1 unspecified atom stereocenters. The Balaban J connectivity index is 2.41. The van der Waals surface area contributed by atoms with Crippen molar-refractivity contribution in [1.29, 1.82) is 0 Å². The van der Waals surface area contributed by atoms with Crippen molar-refractivity contribution in [3.63, 3.8) is 0 Å². The van der Waals surface area contributed by atoms with Gasteiger partial charge >= 0.3 is 5.97 Å². The van der Waals surface area contributed by atoms with Crippen LogP contribution < -0.4 is 4.90 Å². The molecule has 1 aliphatic rings. The van der Waals surface area contributed by atoms with Crippen LogP contribution in [0.15, 0.2) is 6.20 Å². The molecule has 1 aromatic heterocycles. The number of nitrogens with zero attached hydrogens (tertiary/aromatic N) is 3. The first kappa shape index (κ1) is 11.8. The van der Waals surface area contributed by atoms with Crippen molar-refractivity contribution in [2.24, 2.45) is 0 Å². The highest BCUT2D eigenvalue weighted by atomic mass is 16.4. The fourth-order valence-corrected chi connectivity index (χ4v) is 1.76. The summed E-state index contributed by atoms with van der Waals surface area (Å²) in [5, 5.41) is 9.07. The zero-order chi connectivity index (χ0) is 12.6. The number of hydrogen-bond acceptors (Lipinski definition) is 4. The largest absolute Gasteiger partial charge is 0.481 e. The topological polar surface area (TPSA) is 66.3 Å². The van der Waals surface area contributed by atoms with Crippen molar-refractivity contribution in [1.82, 2.24) is 9.97 Å². The van der Waals surface area contributed by atoms with Crippen LogP contribution in [-0.2, 0) is 4.79 Å². The van der Waals surface area contributed by atoms with Gasteiger partial charge in [-0.3, -0.25) is 4.79 Å². The van der Waals surface area contributed by atoms with E-state index in [0.717, 1.165) is 24.1 Å². The number of aromatic nitrogens is 2. The number of carboxylic acids is 1. The van der Waals surface area contributed by atoms with Gasteiger partial charge in [-0.15, -0.1) is 0 Å². The lowest BCUT2D eigenvalue weighted by atomic mass is 9.99. The summed E-state index contributed by atoms with van der Waals surface area (Å²) in [7, 11) is 3.76. The number of carboxylic acid groups (broad SMARTS) is 1. The molecule has 0 saturated heterocycles. The Kier molecular flexibility index (Phi) is 3.00. The van der Waals surface area contributed by atoms with Gasteiger partial charge in [-0.2, -0.15) is 0 Å². The van der Waals surface area contributed by atoms with E-state index in [9.17, 15) is 4.79 Å². The molecule has 92 valence electrons. The predicted molar refractivity (Wildman–Crippen MR) is 64.4 cm³/mol. The van der Waals surface area contributed by atoms with Crippen molar-refractivity contribution < 1.29 is 9.90 Å². The van der Waals surface area contributed by atoms with Crippen LogP contribution in [0.3, 0.4) is 0 Å². The molecule has 1 atom stereocenters. The Hall–Kier alpha value is -1.65. The van der Waals surface area contributed by atoms with E-state index in [-0.39, 0.29) is 0 Å². The third kappa shape index (κ3) is 2.38. The normalized spacial score (nSPS) is 16.6. The second-order valence-corrected chi connectivity index (χ2v) is 4.74. The van der Waals surface area contributed by atoms with E-state index in [2.05, 4.69) is 9.97 Å². The van der Waals surface area contributed by atoms with Gasteiger partial charge in [0.25, 0.3) is 0 Å². The van der Waals surface area contributed by atoms with Crippen molar-refractivity contribution >= 4 is 11.9 Å². The van der Waals surface area contributed by atoms with Crippen LogP contribution in [0.25, 0.3) is 0 Å². The Labute approximate surface area is 100 Å². The van der Waals surface area contributed by atoms with E-state index >= 15 is 0 Å². The van der Waals surface area contributed by atoms with Crippen LogP contribution in [0.1, 0.15) is 42.9 Å². The highest BCUT2D eigenvalue weighted by Crippen LogP contribution is 2.42. The highest BCUT2D eigenvalue weighted by Gasteiger charge is 2.31. The van der Waals surface area contributed by atoms with Gasteiger partial charge in [0.1, 0.15) is 0 Å². The van der Waals surface area contributed by atoms with Gasteiger partial charge < -0.3 is 10.0 Å². The van der Waals surface area contributed by atoms with Crippen molar-refractivity contribution in [3.8, 4) is 0 Å². The fourth-order valence-electron chi connectivity index (χ4n) is 1.76. The molecule has 5 heteroatoms.